The van der Waals surface area contributed by atoms with Gasteiger partial charge in [0.25, 0.3) is 0 Å². The van der Waals surface area contributed by atoms with E-state index in [1.54, 1.807) is 6.07 Å². The van der Waals surface area contributed by atoms with Gasteiger partial charge in [-0.05, 0) is 49.3 Å². The number of sulfonamides is 1. The maximum absolute atomic E-state index is 12.0. The third-order valence-electron chi connectivity index (χ3n) is 3.47. The normalized spacial score (nSPS) is 14.6. The van der Waals surface area contributed by atoms with Crippen molar-refractivity contribution < 1.29 is 18.3 Å². The highest BCUT2D eigenvalue weighted by molar-refractivity contribution is 7.92. The van der Waals surface area contributed by atoms with Crippen LogP contribution in [0.3, 0.4) is 0 Å². The summed E-state index contributed by atoms with van der Waals surface area (Å²) >= 11 is 0. The highest BCUT2D eigenvalue weighted by Crippen LogP contribution is 2.28. The van der Waals surface area contributed by atoms with Gasteiger partial charge in [0.2, 0.25) is 10.0 Å². The minimum atomic E-state index is -3.48. The van der Waals surface area contributed by atoms with Crippen LogP contribution in [0.5, 0.6) is 0 Å². The van der Waals surface area contributed by atoms with Crippen molar-refractivity contribution in [1.82, 2.24) is 0 Å². The van der Waals surface area contributed by atoms with Crippen LogP contribution in [-0.2, 0) is 27.7 Å². The predicted molar refractivity (Wildman–Crippen MR) is 77.4 cm³/mol. The zero-order valence-electron chi connectivity index (χ0n) is 11.3. The molecule has 0 amide bonds. The molecular weight excluding hydrogens is 278 g/mol. The largest absolute Gasteiger partial charge is 0.481 e. The van der Waals surface area contributed by atoms with E-state index in [4.69, 9.17) is 5.11 Å². The van der Waals surface area contributed by atoms with Gasteiger partial charge < -0.3 is 5.11 Å². The maximum Gasteiger partial charge on any atom is 0.303 e. The molecule has 5 nitrogen and oxygen atoms in total. The SMILES string of the molecule is O=C(O)CCCS(=O)(=O)Nc1cccc2c1CCCC2. The average Bonchev–Trinajstić information content (AvgIpc) is 2.38. The molecule has 0 aromatic heterocycles. The molecule has 0 saturated heterocycles. The zero-order chi connectivity index (χ0) is 14.6. The number of hydrogen-bond acceptors (Lipinski definition) is 3. The molecule has 0 bridgehead atoms. The second-order valence-corrected chi connectivity index (χ2v) is 6.91. The molecule has 0 fully saturated rings. The smallest absolute Gasteiger partial charge is 0.303 e. The quantitative estimate of drug-likeness (QED) is 0.843. The fourth-order valence-electron chi connectivity index (χ4n) is 2.51. The first-order valence-corrected chi connectivity index (χ1v) is 8.46. The van der Waals surface area contributed by atoms with Crippen molar-refractivity contribution in [2.24, 2.45) is 0 Å². The summed E-state index contributed by atoms with van der Waals surface area (Å²) in [6, 6.07) is 5.68. The summed E-state index contributed by atoms with van der Waals surface area (Å²) in [6.07, 6.45) is 4.09. The molecule has 1 aromatic rings. The van der Waals surface area contributed by atoms with E-state index in [0.29, 0.717) is 5.69 Å². The average molecular weight is 297 g/mol. The fraction of sp³-hybridized carbons (Fsp3) is 0.500. The topological polar surface area (TPSA) is 83.5 Å². The number of aryl methyl sites for hydroxylation is 1. The number of carboxylic acids is 1. The molecule has 1 aromatic carbocycles. The molecule has 0 atom stereocenters. The van der Waals surface area contributed by atoms with E-state index in [1.807, 2.05) is 12.1 Å². The van der Waals surface area contributed by atoms with E-state index in [9.17, 15) is 13.2 Å². The van der Waals surface area contributed by atoms with Crippen LogP contribution in [0.25, 0.3) is 0 Å². The van der Waals surface area contributed by atoms with Crippen molar-refractivity contribution in [3.63, 3.8) is 0 Å². The van der Waals surface area contributed by atoms with Crippen molar-refractivity contribution in [3.05, 3.63) is 29.3 Å². The number of fused-ring (bicyclic) bond motifs is 1. The van der Waals surface area contributed by atoms with Gasteiger partial charge in [-0.25, -0.2) is 8.42 Å². The summed E-state index contributed by atoms with van der Waals surface area (Å²) in [4.78, 5) is 10.4. The molecule has 0 radical (unpaired) electrons. The number of benzene rings is 1. The number of hydrogen-bond donors (Lipinski definition) is 2. The first-order chi connectivity index (χ1) is 9.48. The lowest BCUT2D eigenvalue weighted by atomic mass is 9.91. The molecular formula is C14H19NO4S. The Bertz CT molecular complexity index is 595. The number of aliphatic carboxylic acids is 1. The number of carbonyl (C=O) groups is 1. The Morgan fingerprint density at radius 1 is 1.25 bits per heavy atom. The van der Waals surface area contributed by atoms with Crippen LogP contribution < -0.4 is 4.72 Å². The Kier molecular flexibility index (Phi) is 4.65. The summed E-state index contributed by atoms with van der Waals surface area (Å²) in [6.45, 7) is 0. The lowest BCUT2D eigenvalue weighted by molar-refractivity contribution is -0.137. The third-order valence-corrected chi connectivity index (χ3v) is 4.82. The predicted octanol–water partition coefficient (Wildman–Crippen LogP) is 2.17. The molecule has 1 aliphatic rings. The maximum atomic E-state index is 12.0. The van der Waals surface area contributed by atoms with Gasteiger partial charge in [0.15, 0.2) is 0 Å². The summed E-state index contributed by atoms with van der Waals surface area (Å²) in [5, 5.41) is 8.54. The zero-order valence-corrected chi connectivity index (χ0v) is 12.1. The number of rotatable bonds is 6. The second kappa shape index (κ2) is 6.26. The second-order valence-electron chi connectivity index (χ2n) is 5.07. The van der Waals surface area contributed by atoms with Crippen LogP contribution >= 0.6 is 0 Å². The molecule has 0 spiro atoms. The van der Waals surface area contributed by atoms with Gasteiger partial charge in [-0.15, -0.1) is 0 Å². The molecule has 20 heavy (non-hydrogen) atoms. The van der Waals surface area contributed by atoms with Crippen LogP contribution in [0.1, 0.15) is 36.8 Å². The van der Waals surface area contributed by atoms with Crippen LogP contribution in [0.4, 0.5) is 5.69 Å². The monoisotopic (exact) mass is 297 g/mol. The minimum Gasteiger partial charge on any atom is -0.481 e. The Morgan fingerprint density at radius 3 is 2.75 bits per heavy atom. The standard InChI is InChI=1S/C14H19NO4S/c16-14(17)9-4-10-20(18,19)15-13-8-3-6-11-5-1-2-7-12(11)13/h3,6,8,15H,1-2,4-5,7,9-10H2,(H,16,17). The van der Waals surface area contributed by atoms with Gasteiger partial charge in [-0.3, -0.25) is 9.52 Å². The van der Waals surface area contributed by atoms with E-state index < -0.39 is 16.0 Å². The first kappa shape index (κ1) is 14.8. The van der Waals surface area contributed by atoms with Crippen LogP contribution in [0.2, 0.25) is 0 Å². The van der Waals surface area contributed by atoms with Gasteiger partial charge >= 0.3 is 5.97 Å². The van der Waals surface area contributed by atoms with Crippen molar-refractivity contribution in [3.8, 4) is 0 Å². The summed E-state index contributed by atoms with van der Waals surface area (Å²) in [5.74, 6) is -1.14. The summed E-state index contributed by atoms with van der Waals surface area (Å²) in [5.41, 5.74) is 2.94. The Balaban J connectivity index is 2.07. The molecule has 2 N–H and O–H groups in total. The van der Waals surface area contributed by atoms with E-state index >= 15 is 0 Å². The Labute approximate surface area is 119 Å². The molecule has 1 aliphatic carbocycles. The van der Waals surface area contributed by atoms with Crippen LogP contribution in [0, 0.1) is 0 Å². The fourth-order valence-corrected chi connectivity index (χ4v) is 3.66. The van der Waals surface area contributed by atoms with E-state index in [2.05, 4.69) is 4.72 Å². The molecule has 0 saturated carbocycles. The minimum absolute atomic E-state index is 0.125. The number of nitrogens with one attached hydrogen (secondary N) is 1. The third kappa shape index (κ3) is 3.96. The first-order valence-electron chi connectivity index (χ1n) is 6.81. The molecule has 6 heteroatoms. The van der Waals surface area contributed by atoms with Gasteiger partial charge in [0.05, 0.1) is 11.4 Å². The Morgan fingerprint density at radius 2 is 2.00 bits per heavy atom. The van der Waals surface area contributed by atoms with Crippen molar-refractivity contribution in [1.29, 1.82) is 0 Å². The molecule has 0 unspecified atom stereocenters. The summed E-state index contributed by atoms with van der Waals surface area (Å²) < 4.78 is 26.5. The summed E-state index contributed by atoms with van der Waals surface area (Å²) in [7, 11) is -3.48. The Hall–Kier alpha value is -1.56. The molecule has 0 heterocycles. The van der Waals surface area contributed by atoms with Gasteiger partial charge in [0, 0.05) is 6.42 Å². The molecule has 0 aliphatic heterocycles. The van der Waals surface area contributed by atoms with Crippen LogP contribution in [-0.4, -0.2) is 25.2 Å². The lowest BCUT2D eigenvalue weighted by Crippen LogP contribution is -2.19. The highest BCUT2D eigenvalue weighted by atomic mass is 32.2. The van der Waals surface area contributed by atoms with Crippen molar-refractivity contribution in [2.45, 2.75) is 38.5 Å². The number of carboxylic acid groups (broad SMARTS) is 1. The number of anilines is 1. The van der Waals surface area contributed by atoms with Gasteiger partial charge in [0.1, 0.15) is 0 Å². The van der Waals surface area contributed by atoms with Crippen molar-refractivity contribution >= 4 is 21.7 Å². The highest BCUT2D eigenvalue weighted by Gasteiger charge is 2.17. The van der Waals surface area contributed by atoms with E-state index in [1.165, 1.54) is 5.56 Å². The van der Waals surface area contributed by atoms with E-state index in [-0.39, 0.29) is 18.6 Å². The van der Waals surface area contributed by atoms with Gasteiger partial charge in [-0.1, -0.05) is 12.1 Å². The lowest BCUT2D eigenvalue weighted by Gasteiger charge is -2.20. The van der Waals surface area contributed by atoms with Crippen LogP contribution in [0.15, 0.2) is 18.2 Å². The van der Waals surface area contributed by atoms with E-state index in [0.717, 1.165) is 31.2 Å². The van der Waals surface area contributed by atoms with Gasteiger partial charge in [-0.2, -0.15) is 0 Å². The van der Waals surface area contributed by atoms with Crippen molar-refractivity contribution in [2.75, 3.05) is 10.5 Å². The molecule has 2 rings (SSSR count). The molecule has 110 valence electrons.